The summed E-state index contributed by atoms with van der Waals surface area (Å²) in [7, 11) is -3.44. The summed E-state index contributed by atoms with van der Waals surface area (Å²) in [6, 6.07) is 6.57. The molecule has 1 aromatic carbocycles. The molecule has 0 bridgehead atoms. The molecule has 1 aliphatic heterocycles. The number of carbonyl (C=O) groups excluding carboxylic acids is 1. The second-order valence-electron chi connectivity index (χ2n) is 7.11. The molecule has 6 heteroatoms. The first-order chi connectivity index (χ1) is 11.5. The van der Waals surface area contributed by atoms with Crippen molar-refractivity contribution in [2.75, 3.05) is 18.4 Å². The van der Waals surface area contributed by atoms with Crippen molar-refractivity contribution >= 4 is 21.6 Å². The third-order valence-electron chi connectivity index (χ3n) is 5.11. The van der Waals surface area contributed by atoms with Crippen LogP contribution in [0, 0.1) is 11.8 Å². The fourth-order valence-electron chi connectivity index (χ4n) is 3.66. The molecule has 1 aromatic rings. The molecule has 2 aliphatic rings. The Balaban J connectivity index is 1.68. The molecule has 1 N–H and O–H groups in total. The van der Waals surface area contributed by atoms with Crippen LogP contribution in [0.5, 0.6) is 0 Å². The summed E-state index contributed by atoms with van der Waals surface area (Å²) in [5, 5.41) is 2.90. The molecular weight excluding hydrogens is 324 g/mol. The van der Waals surface area contributed by atoms with Gasteiger partial charge in [0.05, 0.1) is 4.90 Å². The van der Waals surface area contributed by atoms with Gasteiger partial charge in [-0.3, -0.25) is 4.79 Å². The Morgan fingerprint density at radius 1 is 1.08 bits per heavy atom. The van der Waals surface area contributed by atoms with E-state index in [0.717, 1.165) is 38.5 Å². The number of carbonyl (C=O) groups is 1. The molecular formula is C18H26N2O3S. The number of hydrogen-bond acceptors (Lipinski definition) is 3. The number of amides is 1. The molecule has 1 saturated heterocycles. The standard InChI is InChI=1S/C18H26N2O3S/c1-14-5-4-12-20(13-14)24(22,23)17-10-8-16(9-11-17)19-18(21)15-6-2-3-7-15/h8-11,14-15H,2-7,12-13H2,1H3,(H,19,21)/t14-/m1/s1. The van der Waals surface area contributed by atoms with E-state index in [1.807, 2.05) is 0 Å². The maximum Gasteiger partial charge on any atom is 0.243 e. The first-order valence-corrected chi connectivity index (χ1v) is 10.3. The summed E-state index contributed by atoms with van der Waals surface area (Å²) in [5.74, 6) is 0.551. The monoisotopic (exact) mass is 350 g/mol. The van der Waals surface area contributed by atoms with Crippen LogP contribution in [0.1, 0.15) is 45.4 Å². The lowest BCUT2D eigenvalue weighted by molar-refractivity contribution is -0.119. The highest BCUT2D eigenvalue weighted by molar-refractivity contribution is 7.89. The Labute approximate surface area is 144 Å². The molecule has 0 radical (unpaired) electrons. The highest BCUT2D eigenvalue weighted by Crippen LogP contribution is 2.27. The zero-order valence-electron chi connectivity index (χ0n) is 14.2. The largest absolute Gasteiger partial charge is 0.326 e. The lowest BCUT2D eigenvalue weighted by atomic mass is 10.0. The van der Waals surface area contributed by atoms with Crippen LogP contribution in [0.15, 0.2) is 29.2 Å². The SMILES string of the molecule is C[C@@H]1CCCN(S(=O)(=O)c2ccc(NC(=O)C3CCCC3)cc2)C1. The minimum atomic E-state index is -3.44. The van der Waals surface area contributed by atoms with Crippen molar-refractivity contribution in [3.05, 3.63) is 24.3 Å². The molecule has 0 spiro atoms. The lowest BCUT2D eigenvalue weighted by Gasteiger charge is -2.30. The van der Waals surface area contributed by atoms with Crippen molar-refractivity contribution < 1.29 is 13.2 Å². The van der Waals surface area contributed by atoms with Crippen LogP contribution in [-0.4, -0.2) is 31.7 Å². The van der Waals surface area contributed by atoms with Gasteiger partial charge in [0.1, 0.15) is 0 Å². The van der Waals surface area contributed by atoms with Crippen LogP contribution < -0.4 is 5.32 Å². The third kappa shape index (κ3) is 3.81. The normalized spacial score (nSPS) is 23.3. The highest BCUT2D eigenvalue weighted by atomic mass is 32.2. The smallest absolute Gasteiger partial charge is 0.243 e. The van der Waals surface area contributed by atoms with Crippen LogP contribution in [0.3, 0.4) is 0 Å². The van der Waals surface area contributed by atoms with Crippen molar-refractivity contribution in [3.8, 4) is 0 Å². The summed E-state index contributed by atoms with van der Waals surface area (Å²) in [6.07, 6.45) is 6.12. The van der Waals surface area contributed by atoms with Crippen LogP contribution in [-0.2, 0) is 14.8 Å². The summed E-state index contributed by atoms with van der Waals surface area (Å²) in [6.45, 7) is 3.26. The summed E-state index contributed by atoms with van der Waals surface area (Å²) >= 11 is 0. The van der Waals surface area contributed by atoms with Crippen molar-refractivity contribution in [2.24, 2.45) is 11.8 Å². The highest BCUT2D eigenvalue weighted by Gasteiger charge is 2.28. The fourth-order valence-corrected chi connectivity index (χ4v) is 5.25. The van der Waals surface area contributed by atoms with E-state index >= 15 is 0 Å². The predicted octanol–water partition coefficient (Wildman–Crippen LogP) is 3.24. The molecule has 1 aliphatic carbocycles. The topological polar surface area (TPSA) is 66.5 Å². The van der Waals surface area contributed by atoms with Crippen molar-refractivity contribution in [2.45, 2.75) is 50.3 Å². The molecule has 1 atom stereocenters. The lowest BCUT2D eigenvalue weighted by Crippen LogP contribution is -2.39. The second-order valence-corrected chi connectivity index (χ2v) is 9.04. The maximum absolute atomic E-state index is 12.7. The van der Waals surface area contributed by atoms with Gasteiger partial charge in [0.2, 0.25) is 15.9 Å². The minimum absolute atomic E-state index is 0.0490. The van der Waals surface area contributed by atoms with Gasteiger partial charge in [-0.05, 0) is 55.9 Å². The van der Waals surface area contributed by atoms with Gasteiger partial charge in [-0.15, -0.1) is 0 Å². The van der Waals surface area contributed by atoms with Crippen molar-refractivity contribution in [1.29, 1.82) is 0 Å². The van der Waals surface area contributed by atoms with Crippen LogP contribution in [0.25, 0.3) is 0 Å². The first-order valence-electron chi connectivity index (χ1n) is 8.88. The number of nitrogens with one attached hydrogen (secondary N) is 1. The quantitative estimate of drug-likeness (QED) is 0.906. The Kier molecular flexibility index (Phi) is 5.25. The van der Waals surface area contributed by atoms with Crippen LogP contribution in [0.2, 0.25) is 0 Å². The van der Waals surface area contributed by atoms with Gasteiger partial charge in [0.25, 0.3) is 0 Å². The van der Waals surface area contributed by atoms with E-state index in [1.54, 1.807) is 28.6 Å². The van der Waals surface area contributed by atoms with Crippen LogP contribution in [0.4, 0.5) is 5.69 Å². The van der Waals surface area contributed by atoms with E-state index in [0.29, 0.717) is 29.6 Å². The summed E-state index contributed by atoms with van der Waals surface area (Å²) in [5.41, 5.74) is 0.665. The zero-order valence-corrected chi connectivity index (χ0v) is 15.0. The molecule has 132 valence electrons. The van der Waals surface area contributed by atoms with E-state index in [1.165, 1.54) is 0 Å². The Bertz CT molecular complexity index is 679. The number of sulfonamides is 1. The molecule has 24 heavy (non-hydrogen) atoms. The first kappa shape index (κ1) is 17.4. The minimum Gasteiger partial charge on any atom is -0.326 e. The average molecular weight is 350 g/mol. The van der Waals surface area contributed by atoms with Gasteiger partial charge in [-0.25, -0.2) is 8.42 Å². The zero-order chi connectivity index (χ0) is 17.2. The number of benzene rings is 1. The Hall–Kier alpha value is -1.40. The molecule has 3 rings (SSSR count). The molecule has 5 nitrogen and oxygen atoms in total. The summed E-state index contributed by atoms with van der Waals surface area (Å²) in [4.78, 5) is 12.4. The van der Waals surface area contributed by atoms with E-state index < -0.39 is 10.0 Å². The van der Waals surface area contributed by atoms with Gasteiger partial charge in [0, 0.05) is 24.7 Å². The van der Waals surface area contributed by atoms with Gasteiger partial charge >= 0.3 is 0 Å². The van der Waals surface area contributed by atoms with Crippen molar-refractivity contribution in [3.63, 3.8) is 0 Å². The molecule has 0 unspecified atom stereocenters. The van der Waals surface area contributed by atoms with Crippen LogP contribution >= 0.6 is 0 Å². The molecule has 1 heterocycles. The van der Waals surface area contributed by atoms with Gasteiger partial charge in [-0.2, -0.15) is 4.31 Å². The van der Waals surface area contributed by atoms with E-state index in [9.17, 15) is 13.2 Å². The number of piperidine rings is 1. The maximum atomic E-state index is 12.7. The van der Waals surface area contributed by atoms with Crippen molar-refractivity contribution in [1.82, 2.24) is 4.31 Å². The average Bonchev–Trinajstić information content (AvgIpc) is 3.10. The number of hydrogen-bond donors (Lipinski definition) is 1. The van der Waals surface area contributed by atoms with E-state index in [-0.39, 0.29) is 11.8 Å². The number of anilines is 1. The summed E-state index contributed by atoms with van der Waals surface area (Å²) < 4.78 is 27.0. The van der Waals surface area contributed by atoms with E-state index in [4.69, 9.17) is 0 Å². The van der Waals surface area contributed by atoms with Gasteiger partial charge in [-0.1, -0.05) is 19.8 Å². The van der Waals surface area contributed by atoms with E-state index in [2.05, 4.69) is 12.2 Å². The molecule has 2 fully saturated rings. The molecule has 1 amide bonds. The number of nitrogens with zero attached hydrogens (tertiary/aromatic N) is 1. The number of rotatable bonds is 4. The van der Waals surface area contributed by atoms with Gasteiger partial charge < -0.3 is 5.32 Å². The predicted molar refractivity (Wildman–Crippen MR) is 94.2 cm³/mol. The second kappa shape index (κ2) is 7.23. The Morgan fingerprint density at radius 3 is 2.38 bits per heavy atom. The Morgan fingerprint density at radius 2 is 1.75 bits per heavy atom. The fraction of sp³-hybridized carbons (Fsp3) is 0.611. The third-order valence-corrected chi connectivity index (χ3v) is 6.98. The molecule has 0 aromatic heterocycles. The van der Waals surface area contributed by atoms with Gasteiger partial charge in [0.15, 0.2) is 0 Å². The molecule has 1 saturated carbocycles.